The molecule has 1 aromatic carbocycles. The highest BCUT2D eigenvalue weighted by Gasteiger charge is 2.10. The van der Waals surface area contributed by atoms with E-state index in [2.05, 4.69) is 23.8 Å². The van der Waals surface area contributed by atoms with Crippen LogP contribution < -0.4 is 4.74 Å². The Hall–Kier alpha value is -2.79. The fourth-order valence-electron chi connectivity index (χ4n) is 2.31. The predicted molar refractivity (Wildman–Crippen MR) is 105 cm³/mol. The molecule has 0 spiro atoms. The first-order chi connectivity index (χ1) is 12.6. The number of ketones is 1. The Morgan fingerprint density at radius 1 is 1.23 bits per heavy atom. The van der Waals surface area contributed by atoms with Gasteiger partial charge in [-0.3, -0.25) is 9.78 Å². The summed E-state index contributed by atoms with van der Waals surface area (Å²) in [7, 11) is 0. The molecule has 5 heteroatoms. The van der Waals surface area contributed by atoms with Gasteiger partial charge in [-0.1, -0.05) is 38.1 Å². The van der Waals surface area contributed by atoms with E-state index in [1.807, 2.05) is 41.8 Å². The molecule has 0 radical (unpaired) electrons. The zero-order valence-electron chi connectivity index (χ0n) is 14.8. The minimum atomic E-state index is -0.102. The van der Waals surface area contributed by atoms with Crippen LogP contribution in [0.2, 0.25) is 0 Å². The van der Waals surface area contributed by atoms with Gasteiger partial charge < -0.3 is 4.74 Å². The van der Waals surface area contributed by atoms with E-state index >= 15 is 0 Å². The lowest BCUT2D eigenvalue weighted by Gasteiger charge is -2.08. The van der Waals surface area contributed by atoms with Crippen molar-refractivity contribution < 1.29 is 9.53 Å². The van der Waals surface area contributed by atoms with Crippen molar-refractivity contribution in [3.8, 4) is 5.75 Å². The summed E-state index contributed by atoms with van der Waals surface area (Å²) in [5, 5.41) is 2.79. The number of carbonyl (C=O) groups is 1. The number of ether oxygens (including phenoxy) is 1. The van der Waals surface area contributed by atoms with Crippen molar-refractivity contribution >= 4 is 23.2 Å². The molecule has 0 bridgehead atoms. The molecular weight excluding hydrogens is 344 g/mol. The Kier molecular flexibility index (Phi) is 5.92. The number of rotatable bonds is 7. The second-order valence-electron chi connectivity index (χ2n) is 6.11. The van der Waals surface area contributed by atoms with Gasteiger partial charge in [-0.25, -0.2) is 4.98 Å². The zero-order valence-corrected chi connectivity index (χ0v) is 15.6. The minimum Gasteiger partial charge on any atom is -0.488 e. The van der Waals surface area contributed by atoms with E-state index in [9.17, 15) is 4.79 Å². The third-order valence-corrected chi connectivity index (χ3v) is 4.86. The van der Waals surface area contributed by atoms with Crippen LogP contribution in [-0.2, 0) is 6.61 Å². The number of para-hydroxylation sites is 1. The molecule has 132 valence electrons. The molecule has 0 aliphatic carbocycles. The summed E-state index contributed by atoms with van der Waals surface area (Å²) >= 11 is 1.52. The maximum Gasteiger partial charge on any atom is 0.205 e. The van der Waals surface area contributed by atoms with Crippen molar-refractivity contribution in [2.24, 2.45) is 0 Å². The topological polar surface area (TPSA) is 52.1 Å². The van der Waals surface area contributed by atoms with Crippen LogP contribution in [-0.4, -0.2) is 15.8 Å². The van der Waals surface area contributed by atoms with E-state index in [1.54, 1.807) is 24.5 Å². The molecule has 3 rings (SSSR count). The van der Waals surface area contributed by atoms with Gasteiger partial charge in [-0.15, -0.1) is 11.3 Å². The Bertz CT molecular complexity index is 901. The molecule has 0 aliphatic heterocycles. The number of pyridine rings is 1. The Morgan fingerprint density at radius 3 is 2.81 bits per heavy atom. The second kappa shape index (κ2) is 8.54. The third-order valence-electron chi connectivity index (χ3n) is 3.72. The minimum absolute atomic E-state index is 0.102. The fourth-order valence-corrected chi connectivity index (χ4v) is 3.14. The summed E-state index contributed by atoms with van der Waals surface area (Å²) in [6, 6.07) is 11.5. The molecule has 0 N–H and O–H groups in total. The first-order valence-corrected chi connectivity index (χ1v) is 9.30. The average molecular weight is 364 g/mol. The van der Waals surface area contributed by atoms with Crippen molar-refractivity contribution in [3.63, 3.8) is 0 Å². The highest BCUT2D eigenvalue weighted by Crippen LogP contribution is 2.22. The fraction of sp³-hybridized carbons (Fsp3) is 0.190. The van der Waals surface area contributed by atoms with Gasteiger partial charge in [-0.2, -0.15) is 0 Å². The van der Waals surface area contributed by atoms with Gasteiger partial charge in [0, 0.05) is 34.8 Å². The van der Waals surface area contributed by atoms with E-state index in [4.69, 9.17) is 4.74 Å². The van der Waals surface area contributed by atoms with Crippen LogP contribution in [0.25, 0.3) is 6.08 Å². The van der Waals surface area contributed by atoms with E-state index in [0.29, 0.717) is 18.2 Å². The van der Waals surface area contributed by atoms with E-state index in [1.165, 1.54) is 11.3 Å². The van der Waals surface area contributed by atoms with E-state index in [0.717, 1.165) is 21.9 Å². The number of hydrogen-bond acceptors (Lipinski definition) is 5. The number of aromatic nitrogens is 2. The molecular formula is C21H20N2O2S. The van der Waals surface area contributed by atoms with Gasteiger partial charge in [0.2, 0.25) is 5.78 Å². The molecule has 2 heterocycles. The maximum absolute atomic E-state index is 12.4. The summed E-state index contributed by atoms with van der Waals surface area (Å²) in [5.41, 5.74) is 2.33. The van der Waals surface area contributed by atoms with Crippen molar-refractivity contribution in [3.05, 3.63) is 82.1 Å². The molecule has 0 fully saturated rings. The SMILES string of the molecule is CC(C)c1nc(C(=O)/C=C/c2ccccc2OCc2cccnc2)cs1. The van der Waals surface area contributed by atoms with Gasteiger partial charge >= 0.3 is 0 Å². The molecule has 26 heavy (non-hydrogen) atoms. The first kappa shape index (κ1) is 18.0. The highest BCUT2D eigenvalue weighted by atomic mass is 32.1. The summed E-state index contributed by atoms with van der Waals surface area (Å²) < 4.78 is 5.88. The van der Waals surface area contributed by atoms with E-state index < -0.39 is 0 Å². The quantitative estimate of drug-likeness (QED) is 0.430. The van der Waals surface area contributed by atoms with Crippen LogP contribution in [0, 0.1) is 0 Å². The summed E-state index contributed by atoms with van der Waals surface area (Å²) in [6.45, 7) is 4.56. The number of nitrogens with zero attached hydrogens (tertiary/aromatic N) is 2. The number of allylic oxidation sites excluding steroid dienone is 1. The zero-order chi connectivity index (χ0) is 18.4. The lowest BCUT2D eigenvalue weighted by atomic mass is 10.1. The molecule has 2 aromatic heterocycles. The van der Waals surface area contributed by atoms with Crippen molar-refractivity contribution in [1.29, 1.82) is 0 Å². The molecule has 0 saturated heterocycles. The largest absolute Gasteiger partial charge is 0.488 e. The van der Waals surface area contributed by atoms with Crippen molar-refractivity contribution in [1.82, 2.24) is 9.97 Å². The lowest BCUT2D eigenvalue weighted by Crippen LogP contribution is -1.98. The smallest absolute Gasteiger partial charge is 0.205 e. The van der Waals surface area contributed by atoms with Gasteiger partial charge in [0.05, 0.1) is 5.01 Å². The molecule has 0 saturated carbocycles. The lowest BCUT2D eigenvalue weighted by molar-refractivity contribution is 0.104. The van der Waals surface area contributed by atoms with Gasteiger partial charge in [0.25, 0.3) is 0 Å². The standard InChI is InChI=1S/C21H20N2O2S/c1-15(2)21-23-18(14-26-21)19(24)10-9-17-7-3-4-8-20(17)25-13-16-6-5-11-22-12-16/h3-12,14-15H,13H2,1-2H3/b10-9+. The normalized spacial score (nSPS) is 11.2. The number of hydrogen-bond donors (Lipinski definition) is 0. The molecule has 0 amide bonds. The number of benzene rings is 1. The van der Waals surface area contributed by atoms with Crippen LogP contribution in [0.15, 0.2) is 60.2 Å². The van der Waals surface area contributed by atoms with Crippen LogP contribution >= 0.6 is 11.3 Å². The Balaban J connectivity index is 1.70. The molecule has 4 nitrogen and oxygen atoms in total. The van der Waals surface area contributed by atoms with Crippen molar-refractivity contribution in [2.75, 3.05) is 0 Å². The number of thiazole rings is 1. The van der Waals surface area contributed by atoms with Gasteiger partial charge in [-0.05, 0) is 24.3 Å². The van der Waals surface area contributed by atoms with Crippen LogP contribution in [0.1, 0.15) is 46.4 Å². The second-order valence-corrected chi connectivity index (χ2v) is 7.00. The van der Waals surface area contributed by atoms with Gasteiger partial charge in [0.15, 0.2) is 0 Å². The molecule has 3 aromatic rings. The third kappa shape index (κ3) is 4.64. The van der Waals surface area contributed by atoms with Crippen LogP contribution in [0.5, 0.6) is 5.75 Å². The monoisotopic (exact) mass is 364 g/mol. The number of carbonyl (C=O) groups excluding carboxylic acids is 1. The molecule has 0 aliphatic rings. The van der Waals surface area contributed by atoms with Crippen LogP contribution in [0.3, 0.4) is 0 Å². The summed E-state index contributed by atoms with van der Waals surface area (Å²) in [6.07, 6.45) is 6.83. The summed E-state index contributed by atoms with van der Waals surface area (Å²) in [5.74, 6) is 0.948. The Morgan fingerprint density at radius 2 is 2.08 bits per heavy atom. The predicted octanol–water partition coefficient (Wildman–Crippen LogP) is 5.14. The summed E-state index contributed by atoms with van der Waals surface area (Å²) in [4.78, 5) is 20.8. The van der Waals surface area contributed by atoms with E-state index in [-0.39, 0.29) is 5.78 Å². The highest BCUT2D eigenvalue weighted by molar-refractivity contribution is 7.09. The van der Waals surface area contributed by atoms with Crippen LogP contribution in [0.4, 0.5) is 0 Å². The maximum atomic E-state index is 12.4. The Labute approximate surface area is 157 Å². The molecule has 0 unspecified atom stereocenters. The first-order valence-electron chi connectivity index (χ1n) is 8.42. The average Bonchev–Trinajstić information content (AvgIpc) is 3.16. The van der Waals surface area contributed by atoms with Gasteiger partial charge in [0.1, 0.15) is 18.1 Å². The van der Waals surface area contributed by atoms with Crippen molar-refractivity contribution in [2.45, 2.75) is 26.4 Å². The molecule has 0 atom stereocenters.